The molecule has 0 atom stereocenters. The smallest absolute Gasteiger partial charge is 0.191 e. The molecule has 0 unspecified atom stereocenters. The van der Waals surface area contributed by atoms with E-state index in [1.54, 1.807) is 26.4 Å². The molecule has 0 amide bonds. The first kappa shape index (κ1) is 21.3. The average molecular weight is 389 g/mol. The fourth-order valence-electron chi connectivity index (χ4n) is 2.49. The Balaban J connectivity index is 1.80. The molecule has 0 saturated carbocycles. The summed E-state index contributed by atoms with van der Waals surface area (Å²) >= 11 is 0. The van der Waals surface area contributed by atoms with Crippen LogP contribution >= 0.6 is 0 Å². The molecule has 0 aliphatic heterocycles. The number of methoxy groups -OCH3 is 2. The van der Waals surface area contributed by atoms with Gasteiger partial charge in [0, 0.05) is 13.1 Å². The number of guanidine groups is 1. The summed E-state index contributed by atoms with van der Waals surface area (Å²) in [6.45, 7) is 4.55. The SMILES string of the molecule is CCNC(=NCc1ccc(OC)c(OC)c1)NCCCOc1ccc(F)cc1. The molecule has 152 valence electrons. The lowest BCUT2D eigenvalue weighted by Gasteiger charge is -2.12. The van der Waals surface area contributed by atoms with Crippen LogP contribution in [-0.4, -0.2) is 39.9 Å². The summed E-state index contributed by atoms with van der Waals surface area (Å²) in [5.74, 6) is 2.51. The van der Waals surface area contributed by atoms with Crippen molar-refractivity contribution in [2.45, 2.75) is 19.9 Å². The van der Waals surface area contributed by atoms with Crippen molar-refractivity contribution in [1.29, 1.82) is 0 Å². The Hall–Kier alpha value is -2.96. The lowest BCUT2D eigenvalue weighted by Crippen LogP contribution is -2.38. The molecule has 0 heterocycles. The van der Waals surface area contributed by atoms with Crippen LogP contribution in [0.15, 0.2) is 47.5 Å². The van der Waals surface area contributed by atoms with E-state index in [0.29, 0.717) is 36.9 Å². The molecule has 28 heavy (non-hydrogen) atoms. The molecule has 7 heteroatoms. The Kier molecular flexibility index (Phi) is 8.91. The molecule has 2 rings (SSSR count). The number of halogens is 1. The van der Waals surface area contributed by atoms with Crippen LogP contribution in [0.4, 0.5) is 4.39 Å². The van der Waals surface area contributed by atoms with E-state index in [4.69, 9.17) is 14.2 Å². The van der Waals surface area contributed by atoms with Crippen LogP contribution in [0.25, 0.3) is 0 Å². The fraction of sp³-hybridized carbons (Fsp3) is 0.381. The zero-order valence-electron chi connectivity index (χ0n) is 16.6. The Bertz CT molecular complexity index is 751. The van der Waals surface area contributed by atoms with Crippen LogP contribution in [0.2, 0.25) is 0 Å². The van der Waals surface area contributed by atoms with Crippen molar-refractivity contribution in [2.75, 3.05) is 33.9 Å². The highest BCUT2D eigenvalue weighted by atomic mass is 19.1. The largest absolute Gasteiger partial charge is 0.494 e. The zero-order valence-corrected chi connectivity index (χ0v) is 16.6. The topological polar surface area (TPSA) is 64.1 Å². The predicted molar refractivity (Wildman–Crippen MR) is 109 cm³/mol. The second-order valence-electron chi connectivity index (χ2n) is 5.97. The van der Waals surface area contributed by atoms with Gasteiger partial charge in [-0.05, 0) is 55.3 Å². The van der Waals surface area contributed by atoms with Crippen LogP contribution in [-0.2, 0) is 6.54 Å². The highest BCUT2D eigenvalue weighted by molar-refractivity contribution is 5.79. The van der Waals surface area contributed by atoms with Gasteiger partial charge in [-0.3, -0.25) is 0 Å². The second kappa shape index (κ2) is 11.7. The van der Waals surface area contributed by atoms with Crippen molar-refractivity contribution >= 4 is 5.96 Å². The molecule has 2 N–H and O–H groups in total. The van der Waals surface area contributed by atoms with Crippen molar-refractivity contribution in [3.8, 4) is 17.2 Å². The highest BCUT2D eigenvalue weighted by Crippen LogP contribution is 2.27. The summed E-state index contributed by atoms with van der Waals surface area (Å²) in [6.07, 6.45) is 0.790. The maximum absolute atomic E-state index is 12.9. The van der Waals surface area contributed by atoms with E-state index in [9.17, 15) is 4.39 Å². The second-order valence-corrected chi connectivity index (χ2v) is 5.97. The van der Waals surface area contributed by atoms with Gasteiger partial charge in [0.25, 0.3) is 0 Å². The van der Waals surface area contributed by atoms with E-state index in [2.05, 4.69) is 15.6 Å². The van der Waals surface area contributed by atoms with Crippen molar-refractivity contribution in [1.82, 2.24) is 10.6 Å². The van der Waals surface area contributed by atoms with Gasteiger partial charge in [-0.1, -0.05) is 6.07 Å². The third-order valence-electron chi connectivity index (χ3n) is 3.91. The molecular weight excluding hydrogens is 361 g/mol. The third-order valence-corrected chi connectivity index (χ3v) is 3.91. The monoisotopic (exact) mass is 389 g/mol. The number of nitrogens with zero attached hydrogens (tertiary/aromatic N) is 1. The normalized spacial score (nSPS) is 11.1. The summed E-state index contributed by atoms with van der Waals surface area (Å²) in [6, 6.07) is 11.8. The minimum atomic E-state index is -0.269. The summed E-state index contributed by atoms with van der Waals surface area (Å²) in [5, 5.41) is 6.50. The fourth-order valence-corrected chi connectivity index (χ4v) is 2.49. The molecule has 0 aliphatic carbocycles. The quantitative estimate of drug-likeness (QED) is 0.371. The van der Waals surface area contributed by atoms with E-state index in [1.165, 1.54) is 12.1 Å². The summed E-state index contributed by atoms with van der Waals surface area (Å²) in [4.78, 5) is 4.60. The molecule has 0 saturated heterocycles. The maximum Gasteiger partial charge on any atom is 0.191 e. The van der Waals surface area contributed by atoms with E-state index in [1.807, 2.05) is 25.1 Å². The van der Waals surface area contributed by atoms with E-state index < -0.39 is 0 Å². The third kappa shape index (κ3) is 6.98. The zero-order chi connectivity index (χ0) is 20.2. The van der Waals surface area contributed by atoms with Gasteiger partial charge in [-0.25, -0.2) is 9.38 Å². The Morgan fingerprint density at radius 2 is 1.75 bits per heavy atom. The maximum atomic E-state index is 12.9. The van der Waals surface area contributed by atoms with Gasteiger partial charge in [0.05, 0.1) is 27.4 Å². The number of benzene rings is 2. The predicted octanol–water partition coefficient (Wildman–Crippen LogP) is 3.37. The minimum Gasteiger partial charge on any atom is -0.494 e. The first-order chi connectivity index (χ1) is 13.7. The molecule has 0 aromatic heterocycles. The Labute approximate surface area is 165 Å². The number of nitrogens with one attached hydrogen (secondary N) is 2. The molecular formula is C21H28FN3O3. The Morgan fingerprint density at radius 1 is 1.00 bits per heavy atom. The molecule has 2 aromatic carbocycles. The van der Waals surface area contributed by atoms with Crippen molar-refractivity contribution in [3.05, 3.63) is 53.8 Å². The number of rotatable bonds is 10. The van der Waals surface area contributed by atoms with Gasteiger partial charge < -0.3 is 24.8 Å². The van der Waals surface area contributed by atoms with Crippen molar-refractivity contribution < 1.29 is 18.6 Å². The molecule has 0 fully saturated rings. The number of hydrogen-bond acceptors (Lipinski definition) is 4. The first-order valence-corrected chi connectivity index (χ1v) is 9.27. The van der Waals surface area contributed by atoms with Gasteiger partial charge in [-0.15, -0.1) is 0 Å². The lowest BCUT2D eigenvalue weighted by molar-refractivity contribution is 0.310. The van der Waals surface area contributed by atoms with Gasteiger partial charge in [0.1, 0.15) is 11.6 Å². The number of ether oxygens (including phenoxy) is 3. The van der Waals surface area contributed by atoms with Crippen LogP contribution < -0.4 is 24.8 Å². The average Bonchev–Trinajstić information content (AvgIpc) is 2.72. The molecule has 0 radical (unpaired) electrons. The van der Waals surface area contributed by atoms with Crippen LogP contribution in [0.1, 0.15) is 18.9 Å². The highest BCUT2D eigenvalue weighted by Gasteiger charge is 2.05. The molecule has 0 aliphatic rings. The molecule has 2 aromatic rings. The van der Waals surface area contributed by atoms with Crippen LogP contribution in [0.5, 0.6) is 17.2 Å². The van der Waals surface area contributed by atoms with Gasteiger partial charge >= 0.3 is 0 Å². The first-order valence-electron chi connectivity index (χ1n) is 9.27. The van der Waals surface area contributed by atoms with E-state index >= 15 is 0 Å². The van der Waals surface area contributed by atoms with Crippen LogP contribution in [0.3, 0.4) is 0 Å². The number of hydrogen-bond donors (Lipinski definition) is 2. The van der Waals surface area contributed by atoms with Crippen LogP contribution in [0, 0.1) is 5.82 Å². The standard InChI is InChI=1S/C21H28FN3O3/c1-4-23-21(24-12-5-13-28-18-9-7-17(22)8-10-18)25-15-16-6-11-19(26-2)20(14-16)27-3/h6-11,14H,4-5,12-13,15H2,1-3H3,(H2,23,24,25). The van der Waals surface area contributed by atoms with Gasteiger partial charge in [0.15, 0.2) is 17.5 Å². The molecule has 6 nitrogen and oxygen atoms in total. The van der Waals surface area contributed by atoms with E-state index in [0.717, 1.165) is 24.5 Å². The number of aliphatic imine (C=N–C) groups is 1. The van der Waals surface area contributed by atoms with E-state index in [-0.39, 0.29) is 5.82 Å². The lowest BCUT2D eigenvalue weighted by atomic mass is 10.2. The molecule has 0 spiro atoms. The van der Waals surface area contributed by atoms with Gasteiger partial charge in [-0.2, -0.15) is 0 Å². The van der Waals surface area contributed by atoms with Crippen molar-refractivity contribution in [2.24, 2.45) is 4.99 Å². The van der Waals surface area contributed by atoms with Crippen molar-refractivity contribution in [3.63, 3.8) is 0 Å². The summed E-state index contributed by atoms with van der Waals surface area (Å²) in [5.41, 5.74) is 1.02. The Morgan fingerprint density at radius 3 is 2.43 bits per heavy atom. The summed E-state index contributed by atoms with van der Waals surface area (Å²) < 4.78 is 29.0. The molecule has 0 bridgehead atoms. The van der Waals surface area contributed by atoms with Gasteiger partial charge in [0.2, 0.25) is 0 Å². The minimum absolute atomic E-state index is 0.269. The summed E-state index contributed by atoms with van der Waals surface area (Å²) in [7, 11) is 3.23.